The van der Waals surface area contributed by atoms with E-state index in [0.717, 1.165) is 17.3 Å². The summed E-state index contributed by atoms with van der Waals surface area (Å²) in [6.07, 6.45) is 0. The third kappa shape index (κ3) is 3.53. The van der Waals surface area contributed by atoms with Gasteiger partial charge in [-0.2, -0.15) is 0 Å². The number of amides is 2. The molecule has 0 spiro atoms. The van der Waals surface area contributed by atoms with Crippen LogP contribution in [0.15, 0.2) is 18.2 Å². The number of hydrogen-bond acceptors (Lipinski definition) is 4. The summed E-state index contributed by atoms with van der Waals surface area (Å²) in [7, 11) is 0. The molecule has 1 aromatic rings. The predicted octanol–water partition coefficient (Wildman–Crippen LogP) is 1.10. The lowest BCUT2D eigenvalue weighted by Crippen LogP contribution is -2.38. The molecule has 0 aliphatic carbocycles. The van der Waals surface area contributed by atoms with Crippen molar-refractivity contribution in [1.82, 2.24) is 5.32 Å². The van der Waals surface area contributed by atoms with Crippen molar-refractivity contribution in [3.8, 4) is 11.8 Å². The van der Waals surface area contributed by atoms with Gasteiger partial charge in [-0.05, 0) is 24.6 Å². The quantitative estimate of drug-likeness (QED) is 0.713. The number of hydrogen-bond donors (Lipinski definition) is 3. The fraction of sp³-hybridized carbons (Fsp3) is 0.286. The lowest BCUT2D eigenvalue weighted by atomic mass is 10.1. The number of rotatable bonds is 2. The zero-order valence-electron chi connectivity index (χ0n) is 10.9. The Morgan fingerprint density at radius 1 is 1.60 bits per heavy atom. The average Bonchev–Trinajstić information content (AvgIpc) is 2.85. The Kier molecular flexibility index (Phi) is 4.66. The summed E-state index contributed by atoms with van der Waals surface area (Å²) in [4.78, 5) is 23.2. The maximum absolute atomic E-state index is 12.1. The summed E-state index contributed by atoms with van der Waals surface area (Å²) >= 11 is 1.09. The van der Waals surface area contributed by atoms with Gasteiger partial charge < -0.3 is 15.7 Å². The minimum Gasteiger partial charge on any atom is -0.384 e. The third-order valence-corrected chi connectivity index (χ3v) is 3.60. The zero-order chi connectivity index (χ0) is 14.5. The maximum atomic E-state index is 12.1. The van der Waals surface area contributed by atoms with E-state index in [1.54, 1.807) is 6.07 Å². The Balaban J connectivity index is 2.17. The smallest absolute Gasteiger partial charge is 0.279 e. The van der Waals surface area contributed by atoms with Gasteiger partial charge in [-0.25, -0.2) is 0 Å². The molecule has 1 aliphatic rings. The topological polar surface area (TPSA) is 78.4 Å². The molecule has 0 saturated carbocycles. The van der Waals surface area contributed by atoms with E-state index in [9.17, 15) is 9.59 Å². The van der Waals surface area contributed by atoms with Crippen molar-refractivity contribution in [1.29, 1.82) is 0 Å². The molecule has 2 amide bonds. The molecular formula is C14H14N2O3S. The lowest BCUT2D eigenvalue weighted by Gasteiger charge is -2.12. The predicted molar refractivity (Wildman–Crippen MR) is 78.6 cm³/mol. The summed E-state index contributed by atoms with van der Waals surface area (Å²) in [5.74, 6) is 5.50. The van der Waals surface area contributed by atoms with Crippen molar-refractivity contribution in [2.45, 2.75) is 13.0 Å². The first-order valence-corrected chi connectivity index (χ1v) is 7.03. The van der Waals surface area contributed by atoms with E-state index < -0.39 is 6.04 Å². The van der Waals surface area contributed by atoms with E-state index in [1.807, 2.05) is 19.1 Å². The minimum atomic E-state index is -0.522. The van der Waals surface area contributed by atoms with E-state index >= 15 is 0 Å². The van der Waals surface area contributed by atoms with Gasteiger partial charge >= 0.3 is 0 Å². The van der Waals surface area contributed by atoms with Crippen molar-refractivity contribution in [2.75, 3.05) is 17.7 Å². The zero-order valence-corrected chi connectivity index (χ0v) is 11.7. The van der Waals surface area contributed by atoms with Crippen LogP contribution in [-0.4, -0.2) is 34.7 Å². The summed E-state index contributed by atoms with van der Waals surface area (Å²) in [6, 6.07) is 4.95. The molecule has 1 unspecified atom stereocenters. The fourth-order valence-corrected chi connectivity index (χ4v) is 2.53. The summed E-state index contributed by atoms with van der Waals surface area (Å²) < 4.78 is 0. The van der Waals surface area contributed by atoms with Gasteiger partial charge in [-0.15, -0.1) is 0 Å². The Morgan fingerprint density at radius 3 is 3.05 bits per heavy atom. The van der Waals surface area contributed by atoms with E-state index in [2.05, 4.69) is 22.5 Å². The van der Waals surface area contributed by atoms with Gasteiger partial charge in [0.25, 0.3) is 5.24 Å². The van der Waals surface area contributed by atoms with Crippen molar-refractivity contribution in [2.24, 2.45) is 0 Å². The van der Waals surface area contributed by atoms with Gasteiger partial charge in [0.2, 0.25) is 5.91 Å². The van der Waals surface area contributed by atoms with Crippen molar-refractivity contribution < 1.29 is 14.7 Å². The standard InChI is InChI=1S/C14H14N2O3S/c1-9-4-5-10(3-2-6-17)11(7-9)15-13(18)12-8-20-14(19)16-12/h4-5,7,12,17H,6,8H2,1H3,(H,15,18)(H,16,19). The van der Waals surface area contributed by atoms with E-state index in [4.69, 9.17) is 5.11 Å². The van der Waals surface area contributed by atoms with Gasteiger partial charge in [-0.1, -0.05) is 29.7 Å². The fourth-order valence-electron chi connectivity index (χ4n) is 1.75. The van der Waals surface area contributed by atoms with Crippen LogP contribution < -0.4 is 10.6 Å². The first-order valence-electron chi connectivity index (χ1n) is 6.04. The van der Waals surface area contributed by atoms with Gasteiger partial charge in [0.05, 0.1) is 5.69 Å². The average molecular weight is 290 g/mol. The largest absolute Gasteiger partial charge is 0.384 e. The highest BCUT2D eigenvalue weighted by molar-refractivity contribution is 8.14. The Morgan fingerprint density at radius 2 is 2.40 bits per heavy atom. The number of carbonyl (C=O) groups excluding carboxylic acids is 2. The minimum absolute atomic E-state index is 0.185. The Hall–Kier alpha value is -1.97. The van der Waals surface area contributed by atoms with E-state index in [1.165, 1.54) is 0 Å². The van der Waals surface area contributed by atoms with Crippen LogP contribution in [0.25, 0.3) is 0 Å². The summed E-state index contributed by atoms with van der Waals surface area (Å²) in [6.45, 7) is 1.67. The molecule has 1 fully saturated rings. The molecule has 0 aromatic heterocycles. The maximum Gasteiger partial charge on any atom is 0.279 e. The molecule has 1 heterocycles. The molecule has 1 saturated heterocycles. The number of nitrogens with one attached hydrogen (secondary N) is 2. The first kappa shape index (κ1) is 14.4. The second-order valence-electron chi connectivity index (χ2n) is 4.29. The highest BCUT2D eigenvalue weighted by atomic mass is 32.2. The lowest BCUT2D eigenvalue weighted by molar-refractivity contribution is -0.117. The second-order valence-corrected chi connectivity index (χ2v) is 5.29. The SMILES string of the molecule is Cc1ccc(C#CCO)c(NC(=O)C2CSC(=O)N2)c1. The van der Waals surface area contributed by atoms with Crippen LogP contribution in [0.2, 0.25) is 0 Å². The molecule has 0 radical (unpaired) electrons. The van der Waals surface area contributed by atoms with Crippen LogP contribution in [0.1, 0.15) is 11.1 Å². The van der Waals surface area contributed by atoms with Crippen LogP contribution in [0, 0.1) is 18.8 Å². The molecule has 0 bridgehead atoms. The molecule has 2 rings (SSSR count). The van der Waals surface area contributed by atoms with Gasteiger partial charge in [0, 0.05) is 11.3 Å². The molecular weight excluding hydrogens is 276 g/mol. The van der Waals surface area contributed by atoms with Gasteiger partial charge in [-0.3, -0.25) is 9.59 Å². The monoisotopic (exact) mass is 290 g/mol. The van der Waals surface area contributed by atoms with Crippen LogP contribution >= 0.6 is 11.8 Å². The van der Waals surface area contributed by atoms with Crippen LogP contribution in [-0.2, 0) is 4.79 Å². The van der Waals surface area contributed by atoms with Crippen molar-refractivity contribution >= 4 is 28.6 Å². The van der Waals surface area contributed by atoms with Crippen LogP contribution in [0.5, 0.6) is 0 Å². The highest BCUT2D eigenvalue weighted by Gasteiger charge is 2.28. The van der Waals surface area contributed by atoms with Crippen LogP contribution in [0.4, 0.5) is 10.5 Å². The Labute approximate surface area is 121 Å². The molecule has 6 heteroatoms. The number of aliphatic hydroxyl groups excluding tert-OH is 1. The number of thioether (sulfide) groups is 1. The number of benzene rings is 1. The number of anilines is 1. The second kappa shape index (κ2) is 6.46. The Bertz CT molecular complexity index is 604. The molecule has 1 aliphatic heterocycles. The summed E-state index contributed by atoms with van der Waals surface area (Å²) in [5, 5.41) is 13.9. The van der Waals surface area contributed by atoms with E-state index in [-0.39, 0.29) is 17.8 Å². The van der Waals surface area contributed by atoms with Crippen molar-refractivity contribution in [3.05, 3.63) is 29.3 Å². The summed E-state index contributed by atoms with van der Waals surface area (Å²) in [5.41, 5.74) is 2.21. The molecule has 3 N–H and O–H groups in total. The van der Waals surface area contributed by atoms with Crippen molar-refractivity contribution in [3.63, 3.8) is 0 Å². The molecule has 1 aromatic carbocycles. The normalized spacial score (nSPS) is 17.1. The molecule has 5 nitrogen and oxygen atoms in total. The van der Waals surface area contributed by atoms with Gasteiger partial charge in [0.1, 0.15) is 12.6 Å². The number of aryl methyl sites for hydroxylation is 1. The van der Waals surface area contributed by atoms with Crippen LogP contribution in [0.3, 0.4) is 0 Å². The molecule has 20 heavy (non-hydrogen) atoms. The molecule has 1 atom stereocenters. The third-order valence-electron chi connectivity index (χ3n) is 2.72. The van der Waals surface area contributed by atoms with Gasteiger partial charge in [0.15, 0.2) is 0 Å². The van der Waals surface area contributed by atoms with E-state index in [0.29, 0.717) is 17.0 Å². The highest BCUT2D eigenvalue weighted by Crippen LogP contribution is 2.19. The number of aliphatic hydroxyl groups is 1. The molecule has 104 valence electrons. The first-order chi connectivity index (χ1) is 9.60. The number of carbonyl (C=O) groups is 2.